The molecule has 0 amide bonds. The molecule has 0 saturated carbocycles. The van der Waals surface area contributed by atoms with Crippen LogP contribution in [0.15, 0.2) is 194 Å². The first kappa shape index (κ1) is 47.3. The highest BCUT2D eigenvalue weighted by Gasteiger charge is 2.46. The van der Waals surface area contributed by atoms with Crippen molar-refractivity contribution in [2.45, 2.75) is 85.5 Å². The molecule has 9 aromatic carbocycles. The predicted octanol–water partition coefficient (Wildman–Crippen LogP) is 18.7. The van der Waals surface area contributed by atoms with Crippen LogP contribution in [-0.2, 0) is 16.2 Å². The van der Waals surface area contributed by atoms with Gasteiger partial charge in [-0.2, -0.15) is 0 Å². The third kappa shape index (κ3) is 7.82. The van der Waals surface area contributed by atoms with Gasteiger partial charge in [0, 0.05) is 70.0 Å². The number of aryl methyl sites for hydroxylation is 1. The van der Waals surface area contributed by atoms with Crippen molar-refractivity contribution in [2.24, 2.45) is 0 Å². The van der Waals surface area contributed by atoms with E-state index in [0.717, 1.165) is 17.1 Å². The van der Waals surface area contributed by atoms with Crippen molar-refractivity contribution in [3.05, 3.63) is 216 Å². The maximum absolute atomic E-state index is 2.64. The molecule has 2 aliphatic rings. The SMILES string of the molecule is Cc1cc2c3c(c1)N(c1cccc4c1sc1ccccc14)c1cc(N(c4ccc(C(C)(C)C)cc4)c4ccc(C(C)(C)C)cc4-c4ccccc4)ccc1B3c1sc3ccc(C(C)(C)C)cc3c1N2c1ccccc1. The number of anilines is 9. The smallest absolute Gasteiger partial charge is 0.264 e. The van der Waals surface area contributed by atoms with E-state index in [1.165, 1.54) is 113 Å². The van der Waals surface area contributed by atoms with Gasteiger partial charge in [-0.25, -0.2) is 0 Å². The van der Waals surface area contributed by atoms with Gasteiger partial charge in [0.25, 0.3) is 6.71 Å². The summed E-state index contributed by atoms with van der Waals surface area (Å²) in [6.45, 7) is 23.1. The van der Waals surface area contributed by atoms with Crippen LogP contribution in [0.5, 0.6) is 0 Å². The minimum absolute atomic E-state index is 0.00702. The summed E-state index contributed by atoms with van der Waals surface area (Å²) in [6.07, 6.45) is 0. The lowest BCUT2D eigenvalue weighted by atomic mass is 9.36. The lowest BCUT2D eigenvalue weighted by molar-refractivity contribution is 0.590. The largest absolute Gasteiger partial charge is 0.310 e. The summed E-state index contributed by atoms with van der Waals surface area (Å²) >= 11 is 3.87. The number of rotatable bonds is 6. The van der Waals surface area contributed by atoms with E-state index in [4.69, 9.17) is 0 Å². The van der Waals surface area contributed by atoms with Crippen molar-refractivity contribution in [2.75, 3.05) is 14.7 Å². The van der Waals surface area contributed by atoms with Crippen LogP contribution in [0.25, 0.3) is 41.4 Å². The molecule has 3 nitrogen and oxygen atoms in total. The Morgan fingerprint density at radius 1 is 0.440 bits per heavy atom. The van der Waals surface area contributed by atoms with Crippen LogP contribution >= 0.6 is 22.7 Å². The fraction of sp³-hybridized carbons (Fsp3) is 0.188. The zero-order valence-electron chi connectivity index (χ0n) is 44.7. The van der Waals surface area contributed by atoms with Gasteiger partial charge in [0.1, 0.15) is 0 Å². The summed E-state index contributed by atoms with van der Waals surface area (Å²) in [7, 11) is 0. The standard InChI is InChI=1S/C69H62BN3S2/c1-43-38-59-63-60(39-43)73(57-26-19-25-52-51-24-17-18-27-61(51)74-65(52)57)58-42-50(34-35-55(58)70(63)66-64(72(59)48-22-15-12-16-23-48)54-41-47(69(8,9)10)31-37-62(54)75-66)71(49-32-28-45(29-33-49)67(2,3)4)56-36-30-46(68(5,6)7)40-53(56)44-20-13-11-14-21-44/h11-42H,1-10H3. The van der Waals surface area contributed by atoms with Crippen molar-refractivity contribution in [1.82, 2.24) is 0 Å². The van der Waals surface area contributed by atoms with Crippen LogP contribution < -0.4 is 30.4 Å². The second-order valence-corrected chi connectivity index (χ2v) is 26.0. The van der Waals surface area contributed by atoms with Gasteiger partial charge in [-0.05, 0) is 147 Å². The van der Waals surface area contributed by atoms with Crippen molar-refractivity contribution in [3.63, 3.8) is 0 Å². The molecule has 0 fully saturated rings. The fourth-order valence-electron chi connectivity index (χ4n) is 11.8. The number of para-hydroxylation sites is 1. The number of thiophene rings is 2. The van der Waals surface area contributed by atoms with Gasteiger partial charge < -0.3 is 14.7 Å². The van der Waals surface area contributed by atoms with Gasteiger partial charge in [-0.15, -0.1) is 22.7 Å². The first-order valence-electron chi connectivity index (χ1n) is 26.5. The predicted molar refractivity (Wildman–Crippen MR) is 330 cm³/mol. The molecule has 0 atom stereocenters. The Bertz CT molecular complexity index is 4040. The molecule has 75 heavy (non-hydrogen) atoms. The maximum Gasteiger partial charge on any atom is 0.264 e. The minimum atomic E-state index is -0.0403. The van der Waals surface area contributed by atoms with Crippen molar-refractivity contribution in [1.29, 1.82) is 0 Å². The molecule has 2 aliphatic heterocycles. The van der Waals surface area contributed by atoms with E-state index in [-0.39, 0.29) is 23.0 Å². The van der Waals surface area contributed by atoms with Crippen molar-refractivity contribution < 1.29 is 0 Å². The summed E-state index contributed by atoms with van der Waals surface area (Å²) in [5.74, 6) is 0. The van der Waals surface area contributed by atoms with Gasteiger partial charge in [0.2, 0.25) is 0 Å². The van der Waals surface area contributed by atoms with E-state index in [2.05, 4.69) is 278 Å². The quantitative estimate of drug-likeness (QED) is 0.154. The van der Waals surface area contributed by atoms with Crippen LogP contribution in [0.1, 0.15) is 84.6 Å². The molecule has 368 valence electrons. The van der Waals surface area contributed by atoms with E-state index < -0.39 is 0 Å². The second kappa shape index (κ2) is 17.3. The summed E-state index contributed by atoms with van der Waals surface area (Å²) < 4.78 is 5.28. The van der Waals surface area contributed by atoms with Gasteiger partial charge >= 0.3 is 0 Å². The van der Waals surface area contributed by atoms with Crippen LogP contribution in [0, 0.1) is 6.92 Å². The molecule has 0 aliphatic carbocycles. The molecule has 4 heterocycles. The number of nitrogens with zero attached hydrogens (tertiary/aromatic N) is 3. The summed E-state index contributed by atoms with van der Waals surface area (Å²) in [5, 5.41) is 3.90. The third-order valence-corrected chi connectivity index (χ3v) is 18.2. The molecule has 0 spiro atoms. The zero-order chi connectivity index (χ0) is 51.7. The molecule has 2 aromatic heterocycles. The zero-order valence-corrected chi connectivity index (χ0v) is 46.3. The van der Waals surface area contributed by atoms with Gasteiger partial charge in [-0.3, -0.25) is 0 Å². The molecule has 0 radical (unpaired) electrons. The summed E-state index contributed by atoms with van der Waals surface area (Å²) in [5.41, 5.74) is 20.9. The molecule has 0 unspecified atom stereocenters. The van der Waals surface area contributed by atoms with E-state index >= 15 is 0 Å². The first-order valence-corrected chi connectivity index (χ1v) is 28.2. The lowest BCUT2D eigenvalue weighted by Gasteiger charge is -2.44. The Labute approximate surface area is 451 Å². The normalized spacial score (nSPS) is 13.4. The Hall–Kier alpha value is -7.38. The van der Waals surface area contributed by atoms with Crippen LogP contribution in [-0.4, -0.2) is 6.71 Å². The third-order valence-electron chi connectivity index (χ3n) is 15.7. The van der Waals surface area contributed by atoms with Crippen molar-refractivity contribution in [3.8, 4) is 11.1 Å². The van der Waals surface area contributed by atoms with Crippen LogP contribution in [0.2, 0.25) is 0 Å². The molecular weight excluding hydrogens is 946 g/mol. The minimum Gasteiger partial charge on any atom is -0.310 e. The Kier molecular flexibility index (Phi) is 10.9. The molecule has 0 N–H and O–H groups in total. The summed E-state index contributed by atoms with van der Waals surface area (Å²) in [4.78, 5) is 7.75. The topological polar surface area (TPSA) is 9.72 Å². The van der Waals surface area contributed by atoms with E-state index in [0.29, 0.717) is 0 Å². The molecule has 0 bridgehead atoms. The highest BCUT2D eigenvalue weighted by Crippen LogP contribution is 2.52. The Morgan fingerprint density at radius 2 is 1.04 bits per heavy atom. The molecule has 6 heteroatoms. The van der Waals surface area contributed by atoms with Gasteiger partial charge in [-0.1, -0.05) is 172 Å². The fourth-order valence-corrected chi connectivity index (χ4v) is 14.3. The molecule has 0 saturated heterocycles. The van der Waals surface area contributed by atoms with Gasteiger partial charge in [0.15, 0.2) is 0 Å². The number of hydrogen-bond acceptors (Lipinski definition) is 5. The molecule has 11 aromatic rings. The number of hydrogen-bond donors (Lipinski definition) is 0. The average molecular weight is 1010 g/mol. The molecular formula is C69H62BN3S2. The monoisotopic (exact) mass is 1010 g/mol. The van der Waals surface area contributed by atoms with Crippen molar-refractivity contribution >= 4 is 127 Å². The average Bonchev–Trinajstić information content (AvgIpc) is 4.07. The number of fused-ring (bicyclic) bond motifs is 9. The highest BCUT2D eigenvalue weighted by molar-refractivity contribution is 7.33. The van der Waals surface area contributed by atoms with Gasteiger partial charge in [0.05, 0.1) is 21.8 Å². The maximum atomic E-state index is 2.64. The Balaban J connectivity index is 1.13. The van der Waals surface area contributed by atoms with Crippen LogP contribution in [0.4, 0.5) is 51.2 Å². The van der Waals surface area contributed by atoms with Crippen LogP contribution in [0.3, 0.4) is 0 Å². The van der Waals surface area contributed by atoms with E-state index in [1.807, 2.05) is 22.7 Å². The second-order valence-electron chi connectivity index (χ2n) is 23.9. The molecule has 13 rings (SSSR count). The highest BCUT2D eigenvalue weighted by atomic mass is 32.1. The van der Waals surface area contributed by atoms with E-state index in [9.17, 15) is 0 Å². The number of benzene rings is 9. The Morgan fingerprint density at radius 3 is 1.76 bits per heavy atom. The first-order chi connectivity index (χ1) is 36.0. The lowest BCUT2D eigenvalue weighted by Crippen LogP contribution is -2.60. The van der Waals surface area contributed by atoms with E-state index in [1.54, 1.807) is 0 Å². The summed E-state index contributed by atoms with van der Waals surface area (Å²) in [6, 6.07) is 74.0.